The lowest BCUT2D eigenvalue weighted by atomic mass is 10.1. The summed E-state index contributed by atoms with van der Waals surface area (Å²) >= 11 is 0. The standard InChI is InChI=1S/C28H20FN7O/c1-17-10-11-22-24(12-17)36-23(21(32-34-36)14-18-6-5-9-20(29)13-18)15-25-26(30-16-35(22)25)28-31-27(33-37-28)19-7-3-2-4-8-19/h2-13,16H,14-15H2,1H3. The fourth-order valence-electron chi connectivity index (χ4n) is 4.80. The third kappa shape index (κ3) is 3.63. The van der Waals surface area contributed by atoms with Gasteiger partial charge < -0.3 is 4.52 Å². The number of benzene rings is 3. The smallest absolute Gasteiger partial charge is 0.278 e. The first kappa shape index (κ1) is 21.4. The lowest BCUT2D eigenvalue weighted by molar-refractivity contribution is 0.431. The number of aryl methyl sites for hydroxylation is 1. The molecule has 0 saturated heterocycles. The minimum absolute atomic E-state index is 0.275. The molecule has 8 nitrogen and oxygen atoms in total. The second-order valence-electron chi connectivity index (χ2n) is 9.07. The Hall–Kier alpha value is -4.92. The average Bonchev–Trinajstić information content (AvgIpc) is 3.63. The molecule has 4 heterocycles. The van der Waals surface area contributed by atoms with Crippen LogP contribution in [-0.2, 0) is 12.8 Å². The molecule has 0 fully saturated rings. The topological polar surface area (TPSA) is 87.4 Å². The van der Waals surface area contributed by atoms with Gasteiger partial charge in [0.15, 0.2) is 5.69 Å². The monoisotopic (exact) mass is 489 g/mol. The van der Waals surface area contributed by atoms with E-state index < -0.39 is 0 Å². The van der Waals surface area contributed by atoms with Gasteiger partial charge in [-0.25, -0.2) is 14.1 Å². The van der Waals surface area contributed by atoms with Gasteiger partial charge in [-0.15, -0.1) is 5.10 Å². The predicted octanol–water partition coefficient (Wildman–Crippen LogP) is 5.11. The summed E-state index contributed by atoms with van der Waals surface area (Å²) in [6, 6.07) is 22.4. The summed E-state index contributed by atoms with van der Waals surface area (Å²) in [5.41, 5.74) is 7.77. The van der Waals surface area contributed by atoms with Gasteiger partial charge in [-0.3, -0.25) is 4.57 Å². The van der Waals surface area contributed by atoms with Crippen LogP contribution in [-0.4, -0.2) is 34.7 Å². The first-order valence-corrected chi connectivity index (χ1v) is 11.9. The molecule has 3 aromatic carbocycles. The minimum atomic E-state index is -0.275. The molecule has 1 aliphatic heterocycles. The Kier molecular flexibility index (Phi) is 4.81. The van der Waals surface area contributed by atoms with Crippen LogP contribution in [0.25, 0.3) is 34.3 Å². The van der Waals surface area contributed by atoms with Crippen molar-refractivity contribution >= 4 is 0 Å². The molecule has 0 atom stereocenters. The van der Waals surface area contributed by atoms with E-state index in [0.29, 0.717) is 30.3 Å². The van der Waals surface area contributed by atoms with Crippen LogP contribution in [0.15, 0.2) is 83.6 Å². The van der Waals surface area contributed by atoms with E-state index in [1.807, 2.05) is 58.6 Å². The second kappa shape index (κ2) is 8.34. The van der Waals surface area contributed by atoms with E-state index in [4.69, 9.17) is 4.52 Å². The molecule has 7 rings (SSSR count). The zero-order chi connectivity index (χ0) is 24.9. The first-order valence-electron chi connectivity index (χ1n) is 11.9. The Balaban J connectivity index is 1.37. The van der Waals surface area contributed by atoms with Crippen molar-refractivity contribution < 1.29 is 8.91 Å². The quantitative estimate of drug-likeness (QED) is 0.341. The molecule has 0 spiro atoms. The maximum atomic E-state index is 13.9. The number of hydrogen-bond acceptors (Lipinski definition) is 6. The zero-order valence-corrected chi connectivity index (χ0v) is 19.8. The van der Waals surface area contributed by atoms with Crippen molar-refractivity contribution in [3.05, 3.63) is 113 Å². The highest BCUT2D eigenvalue weighted by molar-refractivity contribution is 5.64. The normalized spacial score (nSPS) is 12.1. The zero-order valence-electron chi connectivity index (χ0n) is 19.8. The van der Waals surface area contributed by atoms with E-state index in [-0.39, 0.29) is 5.82 Å². The number of imidazole rings is 1. The van der Waals surface area contributed by atoms with E-state index in [2.05, 4.69) is 37.6 Å². The molecule has 37 heavy (non-hydrogen) atoms. The molecule has 0 N–H and O–H groups in total. The van der Waals surface area contributed by atoms with Crippen LogP contribution in [0.3, 0.4) is 0 Å². The lowest BCUT2D eigenvalue weighted by Gasteiger charge is -2.10. The fraction of sp³-hybridized carbons (Fsp3) is 0.107. The Morgan fingerprint density at radius 1 is 0.946 bits per heavy atom. The van der Waals surface area contributed by atoms with Gasteiger partial charge in [-0.05, 0) is 42.3 Å². The number of aromatic nitrogens is 7. The summed E-state index contributed by atoms with van der Waals surface area (Å²) < 4.78 is 23.5. The molecular weight excluding hydrogens is 469 g/mol. The van der Waals surface area contributed by atoms with Gasteiger partial charge in [0.05, 0.1) is 28.5 Å². The number of hydrogen-bond donors (Lipinski definition) is 0. The van der Waals surface area contributed by atoms with Crippen LogP contribution in [0, 0.1) is 12.7 Å². The van der Waals surface area contributed by atoms with Crippen molar-refractivity contribution in [2.75, 3.05) is 0 Å². The third-order valence-corrected chi connectivity index (χ3v) is 6.58. The highest BCUT2D eigenvalue weighted by Gasteiger charge is 2.28. The largest absolute Gasteiger partial charge is 0.332 e. The van der Waals surface area contributed by atoms with Gasteiger partial charge in [0.25, 0.3) is 5.89 Å². The highest BCUT2D eigenvalue weighted by Crippen LogP contribution is 2.34. The van der Waals surface area contributed by atoms with Crippen LogP contribution >= 0.6 is 0 Å². The molecule has 9 heteroatoms. The summed E-state index contributed by atoms with van der Waals surface area (Å²) in [4.78, 5) is 9.33. The van der Waals surface area contributed by atoms with Crippen LogP contribution in [0.4, 0.5) is 4.39 Å². The number of rotatable bonds is 4. The Morgan fingerprint density at radius 3 is 2.70 bits per heavy atom. The third-order valence-electron chi connectivity index (χ3n) is 6.58. The minimum Gasteiger partial charge on any atom is -0.332 e. The van der Waals surface area contributed by atoms with Gasteiger partial charge in [-0.2, -0.15) is 4.98 Å². The van der Waals surface area contributed by atoms with E-state index in [0.717, 1.165) is 45.1 Å². The molecule has 0 amide bonds. The Labute approximate surface area is 211 Å². The summed E-state index contributed by atoms with van der Waals surface area (Å²) in [5, 5.41) is 13.2. The molecule has 0 saturated carbocycles. The van der Waals surface area contributed by atoms with Crippen molar-refractivity contribution in [1.82, 2.24) is 34.7 Å². The number of nitrogens with zero attached hydrogens (tertiary/aromatic N) is 7. The van der Waals surface area contributed by atoms with Crippen LogP contribution < -0.4 is 0 Å². The van der Waals surface area contributed by atoms with Crippen molar-refractivity contribution in [2.24, 2.45) is 0 Å². The van der Waals surface area contributed by atoms with Gasteiger partial charge in [0.2, 0.25) is 5.82 Å². The van der Waals surface area contributed by atoms with Crippen LogP contribution in [0.1, 0.15) is 28.2 Å². The molecule has 0 radical (unpaired) electrons. The Morgan fingerprint density at radius 2 is 1.84 bits per heavy atom. The maximum Gasteiger partial charge on any atom is 0.278 e. The molecule has 180 valence electrons. The molecule has 1 aliphatic rings. The van der Waals surface area contributed by atoms with E-state index >= 15 is 0 Å². The van der Waals surface area contributed by atoms with E-state index in [1.54, 1.807) is 12.4 Å². The molecule has 0 unspecified atom stereocenters. The SMILES string of the molecule is Cc1ccc2c(c1)-n1nnc(Cc3cccc(F)c3)c1Cc1c(-c3nc(-c4ccccc4)no3)ncn1-2. The fourth-order valence-corrected chi connectivity index (χ4v) is 4.80. The summed E-state index contributed by atoms with van der Waals surface area (Å²) in [6.45, 7) is 2.04. The van der Waals surface area contributed by atoms with Crippen molar-refractivity contribution in [3.63, 3.8) is 0 Å². The number of fused-ring (bicyclic) bond motifs is 5. The van der Waals surface area contributed by atoms with Gasteiger partial charge in [0.1, 0.15) is 12.1 Å². The second-order valence-corrected chi connectivity index (χ2v) is 9.07. The van der Waals surface area contributed by atoms with E-state index in [1.165, 1.54) is 12.1 Å². The maximum absolute atomic E-state index is 13.9. The summed E-state index contributed by atoms with van der Waals surface area (Å²) in [6.07, 6.45) is 2.71. The van der Waals surface area contributed by atoms with Crippen molar-refractivity contribution in [1.29, 1.82) is 0 Å². The summed E-state index contributed by atoms with van der Waals surface area (Å²) in [7, 11) is 0. The Bertz CT molecular complexity index is 1770. The molecule has 3 aromatic heterocycles. The van der Waals surface area contributed by atoms with Gasteiger partial charge in [0, 0.05) is 18.4 Å². The number of halogens is 1. The van der Waals surface area contributed by atoms with Gasteiger partial charge >= 0.3 is 0 Å². The molecular formula is C28H20FN7O. The highest BCUT2D eigenvalue weighted by atomic mass is 19.1. The molecule has 6 aromatic rings. The summed E-state index contributed by atoms with van der Waals surface area (Å²) in [5.74, 6) is 0.567. The van der Waals surface area contributed by atoms with Crippen molar-refractivity contribution in [3.8, 4) is 34.3 Å². The van der Waals surface area contributed by atoms with Gasteiger partial charge in [-0.1, -0.05) is 58.9 Å². The predicted molar refractivity (Wildman–Crippen MR) is 134 cm³/mol. The van der Waals surface area contributed by atoms with E-state index in [9.17, 15) is 4.39 Å². The van der Waals surface area contributed by atoms with Crippen LogP contribution in [0.5, 0.6) is 0 Å². The van der Waals surface area contributed by atoms with Crippen LogP contribution in [0.2, 0.25) is 0 Å². The first-order chi connectivity index (χ1) is 18.1. The average molecular weight is 490 g/mol. The van der Waals surface area contributed by atoms with Crippen molar-refractivity contribution in [2.45, 2.75) is 19.8 Å². The molecule has 0 bridgehead atoms. The lowest BCUT2D eigenvalue weighted by Crippen LogP contribution is -2.04. The molecule has 0 aliphatic carbocycles.